The summed E-state index contributed by atoms with van der Waals surface area (Å²) in [6.45, 7) is 2.12. The summed E-state index contributed by atoms with van der Waals surface area (Å²) in [5.74, 6) is 0.244. The Bertz CT molecular complexity index is 517. The van der Waals surface area contributed by atoms with Crippen molar-refractivity contribution < 1.29 is 9.90 Å². The number of carbonyl (C=O) groups is 1. The number of carbonyl (C=O) groups excluding carboxylic acids is 1. The van der Waals surface area contributed by atoms with Gasteiger partial charge in [0.05, 0.1) is 0 Å². The van der Waals surface area contributed by atoms with Crippen LogP contribution >= 0.6 is 0 Å². The molecule has 0 atom stereocenters. The van der Waals surface area contributed by atoms with Crippen molar-refractivity contribution in [2.24, 2.45) is 0 Å². The number of aromatic amines is 1. The Labute approximate surface area is 93.3 Å². The molecule has 0 aliphatic rings. The van der Waals surface area contributed by atoms with Gasteiger partial charge in [-0.05, 0) is 24.3 Å². The fraction of sp³-hybridized carbons (Fsp3) is 0.250. The predicted octanol–water partition coefficient (Wildman–Crippen LogP) is 1.55. The standard InChI is InChI=1S/C12H14N2O2/c1-8(15)13-5-4-10-6-9-7-11(16)2-3-12(9)14-10/h2-3,6-7,14,16H,4-5H2,1H3,(H,13,15). The Morgan fingerprint density at radius 1 is 1.44 bits per heavy atom. The summed E-state index contributed by atoms with van der Waals surface area (Å²) in [5.41, 5.74) is 2.05. The number of aromatic hydroxyl groups is 1. The molecular formula is C12H14N2O2. The summed E-state index contributed by atoms with van der Waals surface area (Å²) in [4.78, 5) is 13.9. The number of nitrogens with one attached hydrogen (secondary N) is 2. The molecule has 2 aromatic rings. The van der Waals surface area contributed by atoms with Crippen molar-refractivity contribution >= 4 is 16.8 Å². The Morgan fingerprint density at radius 3 is 3.00 bits per heavy atom. The lowest BCUT2D eigenvalue weighted by atomic mass is 10.2. The Kier molecular flexibility index (Phi) is 2.81. The quantitative estimate of drug-likeness (QED) is 0.731. The number of fused-ring (bicyclic) bond motifs is 1. The lowest BCUT2D eigenvalue weighted by Gasteiger charge is -1.98. The number of phenols is 1. The summed E-state index contributed by atoms with van der Waals surface area (Å²) in [5, 5.41) is 13.0. The van der Waals surface area contributed by atoms with E-state index in [1.165, 1.54) is 6.92 Å². The molecule has 1 amide bonds. The molecule has 0 fully saturated rings. The second-order valence-corrected chi connectivity index (χ2v) is 3.80. The molecule has 1 aromatic carbocycles. The summed E-state index contributed by atoms with van der Waals surface area (Å²) in [6, 6.07) is 7.19. The van der Waals surface area contributed by atoms with Crippen molar-refractivity contribution in [3.63, 3.8) is 0 Å². The highest BCUT2D eigenvalue weighted by molar-refractivity contribution is 5.81. The van der Waals surface area contributed by atoms with Crippen molar-refractivity contribution in [3.05, 3.63) is 30.0 Å². The van der Waals surface area contributed by atoms with Gasteiger partial charge in [-0.25, -0.2) is 0 Å². The lowest BCUT2D eigenvalue weighted by molar-refractivity contribution is -0.118. The van der Waals surface area contributed by atoms with Gasteiger partial charge in [0, 0.05) is 36.5 Å². The van der Waals surface area contributed by atoms with Crippen LogP contribution in [0.25, 0.3) is 10.9 Å². The van der Waals surface area contributed by atoms with Gasteiger partial charge in [-0.3, -0.25) is 4.79 Å². The zero-order valence-electron chi connectivity index (χ0n) is 9.08. The van der Waals surface area contributed by atoms with Gasteiger partial charge in [-0.15, -0.1) is 0 Å². The van der Waals surface area contributed by atoms with E-state index in [-0.39, 0.29) is 11.7 Å². The van der Waals surface area contributed by atoms with Crippen LogP contribution in [0.15, 0.2) is 24.3 Å². The Hall–Kier alpha value is -1.97. The van der Waals surface area contributed by atoms with Crippen molar-refractivity contribution in [3.8, 4) is 5.75 Å². The largest absolute Gasteiger partial charge is 0.508 e. The number of H-pyrrole nitrogens is 1. The third-order valence-electron chi connectivity index (χ3n) is 2.43. The molecule has 0 aliphatic carbocycles. The van der Waals surface area contributed by atoms with E-state index in [2.05, 4.69) is 10.3 Å². The maximum atomic E-state index is 10.7. The molecule has 0 saturated heterocycles. The summed E-state index contributed by atoms with van der Waals surface area (Å²) in [7, 11) is 0. The van der Waals surface area contributed by atoms with E-state index in [1.54, 1.807) is 12.1 Å². The number of benzene rings is 1. The highest BCUT2D eigenvalue weighted by Gasteiger charge is 2.01. The van der Waals surface area contributed by atoms with Crippen molar-refractivity contribution in [1.82, 2.24) is 10.3 Å². The van der Waals surface area contributed by atoms with E-state index in [0.29, 0.717) is 6.54 Å². The van der Waals surface area contributed by atoms with E-state index in [1.807, 2.05) is 12.1 Å². The molecule has 0 saturated carbocycles. The monoisotopic (exact) mass is 218 g/mol. The van der Waals surface area contributed by atoms with E-state index >= 15 is 0 Å². The fourth-order valence-corrected chi connectivity index (χ4v) is 1.69. The van der Waals surface area contributed by atoms with Gasteiger partial charge in [0.15, 0.2) is 0 Å². The molecule has 1 heterocycles. The van der Waals surface area contributed by atoms with Crippen LogP contribution < -0.4 is 5.32 Å². The lowest BCUT2D eigenvalue weighted by Crippen LogP contribution is -2.22. The van der Waals surface area contributed by atoms with Crippen LogP contribution in [0.1, 0.15) is 12.6 Å². The SMILES string of the molecule is CC(=O)NCCc1cc2cc(O)ccc2[nH]1. The number of rotatable bonds is 3. The van der Waals surface area contributed by atoms with Crippen molar-refractivity contribution in [2.45, 2.75) is 13.3 Å². The minimum atomic E-state index is -0.0197. The molecule has 0 aliphatic heterocycles. The van der Waals surface area contributed by atoms with Crippen molar-refractivity contribution in [1.29, 1.82) is 0 Å². The minimum Gasteiger partial charge on any atom is -0.508 e. The molecule has 4 heteroatoms. The van der Waals surface area contributed by atoms with Crippen LogP contribution in [0.4, 0.5) is 0 Å². The summed E-state index contributed by atoms with van der Waals surface area (Å²) >= 11 is 0. The first-order chi connectivity index (χ1) is 7.65. The van der Waals surface area contributed by atoms with E-state index < -0.39 is 0 Å². The molecular weight excluding hydrogens is 204 g/mol. The van der Waals surface area contributed by atoms with Crippen molar-refractivity contribution in [2.75, 3.05) is 6.54 Å². The maximum Gasteiger partial charge on any atom is 0.216 e. The molecule has 3 N–H and O–H groups in total. The predicted molar refractivity (Wildman–Crippen MR) is 62.4 cm³/mol. The second kappa shape index (κ2) is 4.26. The van der Waals surface area contributed by atoms with E-state index in [4.69, 9.17) is 0 Å². The average Bonchev–Trinajstić information content (AvgIpc) is 2.58. The second-order valence-electron chi connectivity index (χ2n) is 3.80. The molecule has 4 nitrogen and oxygen atoms in total. The first kappa shape index (κ1) is 10.5. The molecule has 0 radical (unpaired) electrons. The zero-order chi connectivity index (χ0) is 11.5. The molecule has 84 valence electrons. The van der Waals surface area contributed by atoms with Gasteiger partial charge >= 0.3 is 0 Å². The summed E-state index contributed by atoms with van der Waals surface area (Å²) in [6.07, 6.45) is 0.759. The molecule has 2 rings (SSSR count). The molecule has 0 bridgehead atoms. The number of amides is 1. The molecule has 1 aromatic heterocycles. The number of aromatic nitrogens is 1. The Morgan fingerprint density at radius 2 is 2.25 bits per heavy atom. The first-order valence-corrected chi connectivity index (χ1v) is 5.20. The molecule has 16 heavy (non-hydrogen) atoms. The topological polar surface area (TPSA) is 65.1 Å². The van der Waals surface area contributed by atoms with Crippen LogP contribution in [0.2, 0.25) is 0 Å². The van der Waals surface area contributed by atoms with Gasteiger partial charge in [-0.1, -0.05) is 0 Å². The minimum absolute atomic E-state index is 0.0197. The summed E-state index contributed by atoms with van der Waals surface area (Å²) < 4.78 is 0. The molecule has 0 spiro atoms. The van der Waals surface area contributed by atoms with Gasteiger partial charge in [0.1, 0.15) is 5.75 Å². The van der Waals surface area contributed by atoms with Gasteiger partial charge in [0.25, 0.3) is 0 Å². The van der Waals surface area contributed by atoms with E-state index in [0.717, 1.165) is 23.0 Å². The third-order valence-corrected chi connectivity index (χ3v) is 2.43. The van der Waals surface area contributed by atoms with E-state index in [9.17, 15) is 9.90 Å². The first-order valence-electron chi connectivity index (χ1n) is 5.20. The third kappa shape index (κ3) is 2.34. The van der Waals surface area contributed by atoms with Gasteiger partial charge in [0.2, 0.25) is 5.91 Å². The highest BCUT2D eigenvalue weighted by atomic mass is 16.3. The smallest absolute Gasteiger partial charge is 0.216 e. The van der Waals surface area contributed by atoms with Crippen LogP contribution in [-0.2, 0) is 11.2 Å². The fourth-order valence-electron chi connectivity index (χ4n) is 1.69. The Balaban J connectivity index is 2.10. The highest BCUT2D eigenvalue weighted by Crippen LogP contribution is 2.20. The maximum absolute atomic E-state index is 10.7. The normalized spacial score (nSPS) is 10.6. The van der Waals surface area contributed by atoms with Gasteiger partial charge < -0.3 is 15.4 Å². The number of hydrogen-bond donors (Lipinski definition) is 3. The zero-order valence-corrected chi connectivity index (χ0v) is 9.08. The molecule has 0 unspecified atom stereocenters. The number of hydrogen-bond acceptors (Lipinski definition) is 2. The van der Waals surface area contributed by atoms with Crippen LogP contribution in [0.3, 0.4) is 0 Å². The average molecular weight is 218 g/mol. The number of phenolic OH excluding ortho intramolecular Hbond substituents is 1. The van der Waals surface area contributed by atoms with Crippen LogP contribution in [0.5, 0.6) is 5.75 Å². The van der Waals surface area contributed by atoms with Crippen LogP contribution in [0, 0.1) is 0 Å². The van der Waals surface area contributed by atoms with Gasteiger partial charge in [-0.2, -0.15) is 0 Å². The van der Waals surface area contributed by atoms with Crippen LogP contribution in [-0.4, -0.2) is 22.5 Å².